The third-order valence-electron chi connectivity index (χ3n) is 2.06. The number of carbonyl (C=O) groups is 1. The van der Waals surface area contributed by atoms with Gasteiger partial charge < -0.3 is 15.3 Å². The third kappa shape index (κ3) is 6.62. The molecule has 0 atom stereocenters. The number of hydrogen-bond acceptors (Lipinski definition) is 3. The van der Waals surface area contributed by atoms with Crippen LogP contribution in [0.3, 0.4) is 0 Å². The van der Waals surface area contributed by atoms with Crippen LogP contribution in [-0.4, -0.2) is 54.9 Å². The number of nitrogens with zero attached hydrogens (tertiary/aromatic N) is 1. The molecule has 0 saturated carbocycles. The lowest BCUT2D eigenvalue weighted by molar-refractivity contribution is -0.173. The number of aliphatic hydroxyl groups excluding tert-OH is 1. The summed E-state index contributed by atoms with van der Waals surface area (Å²) in [5, 5.41) is 10.5. The predicted molar refractivity (Wildman–Crippen MR) is 52.9 cm³/mol. The molecule has 2 N–H and O–H groups in total. The molecule has 0 fully saturated rings. The Hall–Kier alpha value is -0.820. The lowest BCUT2D eigenvalue weighted by atomic mass is 10.3. The number of nitrogens with one attached hydrogen (secondary N) is 1. The van der Waals surface area contributed by atoms with Crippen LogP contribution >= 0.6 is 0 Å². The Morgan fingerprint density at radius 2 is 2.00 bits per heavy atom. The smallest absolute Gasteiger partial charge is 0.395 e. The van der Waals surface area contributed by atoms with Gasteiger partial charge in [-0.15, -0.1) is 0 Å². The van der Waals surface area contributed by atoms with Gasteiger partial charge in [-0.25, -0.2) is 0 Å². The van der Waals surface area contributed by atoms with Gasteiger partial charge in [0.25, 0.3) is 0 Å². The highest BCUT2D eigenvalue weighted by molar-refractivity contribution is 5.81. The number of carbonyl (C=O) groups excluding carboxylic acids is 1. The fraction of sp³-hybridized carbons (Fsp3) is 0.889. The SMILES string of the molecule is CCN(CCO)CCCNC(=O)C(F)(F)F. The van der Waals surface area contributed by atoms with E-state index in [2.05, 4.69) is 0 Å². The van der Waals surface area contributed by atoms with Crippen molar-refractivity contribution in [2.24, 2.45) is 0 Å². The van der Waals surface area contributed by atoms with E-state index in [1.165, 1.54) is 0 Å². The fourth-order valence-corrected chi connectivity index (χ4v) is 1.17. The Balaban J connectivity index is 3.63. The third-order valence-corrected chi connectivity index (χ3v) is 2.06. The van der Waals surface area contributed by atoms with Gasteiger partial charge in [-0.3, -0.25) is 4.79 Å². The number of rotatable bonds is 7. The first-order valence-corrected chi connectivity index (χ1v) is 5.10. The zero-order chi connectivity index (χ0) is 12.6. The van der Waals surface area contributed by atoms with Crippen molar-refractivity contribution in [1.29, 1.82) is 0 Å². The van der Waals surface area contributed by atoms with Crippen molar-refractivity contribution < 1.29 is 23.1 Å². The van der Waals surface area contributed by atoms with Crippen LogP contribution in [0, 0.1) is 0 Å². The molecular formula is C9H17F3N2O2. The summed E-state index contributed by atoms with van der Waals surface area (Å²) >= 11 is 0. The normalized spacial score (nSPS) is 11.9. The average Bonchev–Trinajstić information content (AvgIpc) is 2.20. The monoisotopic (exact) mass is 242 g/mol. The second-order valence-electron chi connectivity index (χ2n) is 3.27. The molecule has 1 amide bonds. The summed E-state index contributed by atoms with van der Waals surface area (Å²) in [7, 11) is 0. The highest BCUT2D eigenvalue weighted by Crippen LogP contribution is 2.13. The van der Waals surface area contributed by atoms with Crippen LogP contribution in [-0.2, 0) is 4.79 Å². The van der Waals surface area contributed by atoms with Crippen LogP contribution < -0.4 is 5.32 Å². The summed E-state index contributed by atoms with van der Waals surface area (Å²) in [4.78, 5) is 12.3. The summed E-state index contributed by atoms with van der Waals surface area (Å²) in [5.41, 5.74) is 0. The molecule has 0 aromatic carbocycles. The Labute approximate surface area is 92.4 Å². The Bertz CT molecular complexity index is 209. The topological polar surface area (TPSA) is 52.6 Å². The summed E-state index contributed by atoms with van der Waals surface area (Å²) in [6.07, 6.45) is -4.38. The molecule has 16 heavy (non-hydrogen) atoms. The zero-order valence-electron chi connectivity index (χ0n) is 9.18. The molecule has 4 nitrogen and oxygen atoms in total. The lowest BCUT2D eigenvalue weighted by Gasteiger charge is -2.18. The van der Waals surface area contributed by atoms with Crippen molar-refractivity contribution in [3.63, 3.8) is 0 Å². The van der Waals surface area contributed by atoms with Gasteiger partial charge in [0.05, 0.1) is 6.61 Å². The predicted octanol–water partition coefficient (Wildman–Crippen LogP) is 0.369. The molecule has 7 heteroatoms. The van der Waals surface area contributed by atoms with E-state index < -0.39 is 12.1 Å². The van der Waals surface area contributed by atoms with Gasteiger partial charge in [0, 0.05) is 13.1 Å². The molecule has 0 spiro atoms. The second kappa shape index (κ2) is 7.45. The standard InChI is InChI=1S/C9H17F3N2O2/c1-2-14(6-7-15)5-3-4-13-8(16)9(10,11)12/h15H,2-7H2,1H3,(H,13,16). The molecule has 96 valence electrons. The Morgan fingerprint density at radius 1 is 1.38 bits per heavy atom. The van der Waals surface area contributed by atoms with Crippen LogP contribution in [0.2, 0.25) is 0 Å². The minimum atomic E-state index is -4.81. The minimum Gasteiger partial charge on any atom is -0.395 e. The van der Waals surface area contributed by atoms with Crippen molar-refractivity contribution in [3.05, 3.63) is 0 Å². The highest BCUT2D eigenvalue weighted by Gasteiger charge is 2.38. The molecule has 0 aliphatic rings. The van der Waals surface area contributed by atoms with Crippen molar-refractivity contribution in [3.8, 4) is 0 Å². The molecule has 0 saturated heterocycles. The molecule has 0 aromatic rings. The van der Waals surface area contributed by atoms with E-state index in [1.54, 1.807) is 5.32 Å². The van der Waals surface area contributed by atoms with E-state index in [1.807, 2.05) is 11.8 Å². The molecule has 0 bridgehead atoms. The van der Waals surface area contributed by atoms with E-state index in [0.29, 0.717) is 26.1 Å². The molecule has 0 unspecified atom stereocenters. The number of halogens is 3. The first kappa shape index (κ1) is 15.2. The summed E-state index contributed by atoms with van der Waals surface area (Å²) in [6.45, 7) is 3.65. The summed E-state index contributed by atoms with van der Waals surface area (Å²) < 4.78 is 35.3. The molecule has 0 radical (unpaired) electrons. The van der Waals surface area contributed by atoms with E-state index in [0.717, 1.165) is 0 Å². The molecular weight excluding hydrogens is 225 g/mol. The summed E-state index contributed by atoms with van der Waals surface area (Å²) in [6, 6.07) is 0. The maximum absolute atomic E-state index is 11.8. The maximum Gasteiger partial charge on any atom is 0.471 e. The van der Waals surface area contributed by atoms with Gasteiger partial charge >= 0.3 is 12.1 Å². The van der Waals surface area contributed by atoms with Crippen LogP contribution in [0.5, 0.6) is 0 Å². The molecule has 0 heterocycles. The largest absolute Gasteiger partial charge is 0.471 e. The molecule has 0 rings (SSSR count). The van der Waals surface area contributed by atoms with E-state index in [4.69, 9.17) is 5.11 Å². The Kier molecular flexibility index (Phi) is 7.07. The molecule has 0 aliphatic carbocycles. The Morgan fingerprint density at radius 3 is 2.44 bits per heavy atom. The minimum absolute atomic E-state index is 0.0136. The first-order chi connectivity index (χ1) is 7.41. The van der Waals surface area contributed by atoms with Crippen LogP contribution in [0.15, 0.2) is 0 Å². The molecule has 0 aromatic heterocycles. The van der Waals surface area contributed by atoms with Crippen molar-refractivity contribution >= 4 is 5.91 Å². The van der Waals surface area contributed by atoms with Crippen molar-refractivity contribution in [1.82, 2.24) is 10.2 Å². The van der Waals surface area contributed by atoms with Gasteiger partial charge in [0.15, 0.2) is 0 Å². The number of hydrogen-bond donors (Lipinski definition) is 2. The van der Waals surface area contributed by atoms with E-state index >= 15 is 0 Å². The average molecular weight is 242 g/mol. The summed E-state index contributed by atoms with van der Waals surface area (Å²) in [5.74, 6) is -1.90. The zero-order valence-corrected chi connectivity index (χ0v) is 9.18. The van der Waals surface area contributed by atoms with Crippen molar-refractivity contribution in [2.75, 3.05) is 32.8 Å². The number of aliphatic hydroxyl groups is 1. The van der Waals surface area contributed by atoms with Gasteiger partial charge in [0.1, 0.15) is 0 Å². The van der Waals surface area contributed by atoms with Crippen molar-refractivity contribution in [2.45, 2.75) is 19.5 Å². The van der Waals surface area contributed by atoms with E-state index in [9.17, 15) is 18.0 Å². The van der Waals surface area contributed by atoms with Gasteiger partial charge in [-0.1, -0.05) is 6.92 Å². The number of amides is 1. The second-order valence-corrected chi connectivity index (χ2v) is 3.27. The highest BCUT2D eigenvalue weighted by atomic mass is 19.4. The van der Waals surface area contributed by atoms with Gasteiger partial charge in [-0.05, 0) is 19.5 Å². The maximum atomic E-state index is 11.8. The molecule has 0 aliphatic heterocycles. The fourth-order valence-electron chi connectivity index (χ4n) is 1.17. The lowest BCUT2D eigenvalue weighted by Crippen LogP contribution is -2.38. The van der Waals surface area contributed by atoms with Gasteiger partial charge in [-0.2, -0.15) is 13.2 Å². The number of alkyl halides is 3. The van der Waals surface area contributed by atoms with Crippen LogP contribution in [0.1, 0.15) is 13.3 Å². The van der Waals surface area contributed by atoms with Gasteiger partial charge in [0.2, 0.25) is 0 Å². The number of likely N-dealkylation sites (N-methyl/N-ethyl adjacent to an activating group) is 1. The van der Waals surface area contributed by atoms with Crippen LogP contribution in [0.25, 0.3) is 0 Å². The van der Waals surface area contributed by atoms with E-state index in [-0.39, 0.29) is 13.2 Å². The van der Waals surface area contributed by atoms with Crippen LogP contribution in [0.4, 0.5) is 13.2 Å². The quantitative estimate of drug-likeness (QED) is 0.634. The first-order valence-electron chi connectivity index (χ1n) is 5.10.